The van der Waals surface area contributed by atoms with E-state index in [1.54, 1.807) is 0 Å². The maximum absolute atomic E-state index is 10.1. The first-order valence-electron chi connectivity index (χ1n) is 9.87. The van der Waals surface area contributed by atoms with E-state index in [2.05, 4.69) is 48.5 Å². The standard InChI is InChI=1S/C20H42O2Si/c1-8-9-15-23(19(2,3)4,20(5,6)7)22-18(16-21)17-13-11-10-12-14-17/h17-18,21H,8-16H2,1-7H3. The van der Waals surface area contributed by atoms with Gasteiger partial charge in [0.15, 0.2) is 0 Å². The molecule has 0 heterocycles. The molecule has 138 valence electrons. The first-order valence-corrected chi connectivity index (χ1v) is 12.0. The van der Waals surface area contributed by atoms with E-state index >= 15 is 0 Å². The predicted octanol–water partition coefficient (Wildman–Crippen LogP) is 6.29. The highest BCUT2D eigenvalue weighted by molar-refractivity contribution is 6.79. The number of rotatable bonds is 7. The zero-order chi connectivity index (χ0) is 17.7. The molecule has 1 atom stereocenters. The Labute approximate surface area is 146 Å². The van der Waals surface area contributed by atoms with Gasteiger partial charge in [-0.1, -0.05) is 80.6 Å². The Kier molecular flexibility index (Phi) is 7.82. The second-order valence-electron chi connectivity index (χ2n) is 9.67. The predicted molar refractivity (Wildman–Crippen MR) is 103 cm³/mol. The van der Waals surface area contributed by atoms with Crippen molar-refractivity contribution in [3.63, 3.8) is 0 Å². The summed E-state index contributed by atoms with van der Waals surface area (Å²) in [6.45, 7) is 16.7. The van der Waals surface area contributed by atoms with E-state index in [9.17, 15) is 5.11 Å². The highest BCUT2D eigenvalue weighted by atomic mass is 28.4. The van der Waals surface area contributed by atoms with Crippen LogP contribution in [0.25, 0.3) is 0 Å². The quantitative estimate of drug-likeness (QED) is 0.551. The Morgan fingerprint density at radius 1 is 1.00 bits per heavy atom. The van der Waals surface area contributed by atoms with Gasteiger partial charge in [-0.25, -0.2) is 0 Å². The molecule has 0 aliphatic heterocycles. The van der Waals surface area contributed by atoms with Crippen molar-refractivity contribution in [2.45, 2.75) is 116 Å². The lowest BCUT2D eigenvalue weighted by Gasteiger charge is -2.53. The fourth-order valence-corrected chi connectivity index (χ4v) is 11.0. The molecule has 1 N–H and O–H groups in total. The summed E-state index contributed by atoms with van der Waals surface area (Å²) in [5.74, 6) is 0.562. The van der Waals surface area contributed by atoms with E-state index in [0.717, 1.165) is 0 Å². The van der Waals surface area contributed by atoms with Gasteiger partial charge >= 0.3 is 0 Å². The van der Waals surface area contributed by atoms with E-state index in [4.69, 9.17) is 4.43 Å². The molecule has 0 radical (unpaired) electrons. The van der Waals surface area contributed by atoms with Crippen LogP contribution in [-0.4, -0.2) is 26.1 Å². The van der Waals surface area contributed by atoms with Gasteiger partial charge in [-0.15, -0.1) is 0 Å². The second kappa shape index (κ2) is 8.49. The molecule has 0 amide bonds. The molecular formula is C20H42O2Si. The average molecular weight is 343 g/mol. The van der Waals surface area contributed by atoms with Crippen molar-refractivity contribution >= 4 is 8.32 Å². The third-order valence-corrected chi connectivity index (χ3v) is 12.6. The summed E-state index contributed by atoms with van der Waals surface area (Å²) in [6.07, 6.45) is 8.94. The molecule has 1 saturated carbocycles. The van der Waals surface area contributed by atoms with E-state index in [-0.39, 0.29) is 22.8 Å². The van der Waals surface area contributed by atoms with Crippen LogP contribution in [0.5, 0.6) is 0 Å². The molecule has 1 aliphatic rings. The molecule has 1 fully saturated rings. The van der Waals surface area contributed by atoms with Crippen LogP contribution in [0.15, 0.2) is 0 Å². The highest BCUT2D eigenvalue weighted by Crippen LogP contribution is 2.55. The Hall–Kier alpha value is 0.137. The zero-order valence-corrected chi connectivity index (χ0v) is 17.9. The Morgan fingerprint density at radius 3 is 1.91 bits per heavy atom. The molecule has 0 saturated heterocycles. The molecule has 2 nitrogen and oxygen atoms in total. The normalized spacial score (nSPS) is 19.8. The van der Waals surface area contributed by atoms with Gasteiger partial charge in [0.2, 0.25) is 8.32 Å². The van der Waals surface area contributed by atoms with Crippen LogP contribution in [0, 0.1) is 5.92 Å². The maximum atomic E-state index is 10.1. The van der Waals surface area contributed by atoms with Crippen LogP contribution in [-0.2, 0) is 4.43 Å². The Morgan fingerprint density at radius 2 is 1.52 bits per heavy atom. The summed E-state index contributed by atoms with van der Waals surface area (Å²) < 4.78 is 7.05. The summed E-state index contributed by atoms with van der Waals surface area (Å²) >= 11 is 0. The lowest BCUT2D eigenvalue weighted by Crippen LogP contribution is -2.57. The fourth-order valence-electron chi connectivity index (χ4n) is 4.76. The first-order chi connectivity index (χ1) is 10.6. The van der Waals surface area contributed by atoms with Gasteiger partial charge in [-0.3, -0.25) is 0 Å². The highest BCUT2D eigenvalue weighted by Gasteiger charge is 2.55. The molecule has 0 aromatic rings. The van der Waals surface area contributed by atoms with Crippen LogP contribution in [0.1, 0.15) is 93.4 Å². The Bertz CT molecular complexity index is 321. The second-order valence-corrected chi connectivity index (χ2v) is 15.1. The van der Waals surface area contributed by atoms with Crippen molar-refractivity contribution in [2.24, 2.45) is 5.92 Å². The van der Waals surface area contributed by atoms with Crippen molar-refractivity contribution in [1.29, 1.82) is 0 Å². The van der Waals surface area contributed by atoms with Crippen LogP contribution in [0.4, 0.5) is 0 Å². The summed E-state index contributed by atoms with van der Waals surface area (Å²) in [6, 6.07) is 1.21. The average Bonchev–Trinajstić information content (AvgIpc) is 2.46. The number of aliphatic hydroxyl groups excluding tert-OH is 1. The minimum Gasteiger partial charge on any atom is -0.410 e. The summed E-state index contributed by atoms with van der Waals surface area (Å²) in [5.41, 5.74) is 0. The summed E-state index contributed by atoms with van der Waals surface area (Å²) in [5, 5.41) is 10.5. The molecule has 1 unspecified atom stereocenters. The van der Waals surface area contributed by atoms with Crippen LogP contribution in [0.2, 0.25) is 16.1 Å². The monoisotopic (exact) mass is 342 g/mol. The SMILES string of the molecule is CCCC[Si](OC(CO)C1CCCCC1)(C(C)(C)C)C(C)(C)C. The van der Waals surface area contributed by atoms with E-state index in [1.165, 1.54) is 51.0 Å². The molecule has 0 aromatic heterocycles. The van der Waals surface area contributed by atoms with Crippen molar-refractivity contribution in [3.05, 3.63) is 0 Å². The molecule has 1 rings (SSSR count). The number of hydrogen-bond donors (Lipinski definition) is 1. The fraction of sp³-hybridized carbons (Fsp3) is 1.00. The van der Waals surface area contributed by atoms with Gasteiger partial charge < -0.3 is 9.53 Å². The van der Waals surface area contributed by atoms with Crippen molar-refractivity contribution in [1.82, 2.24) is 0 Å². The number of unbranched alkanes of at least 4 members (excludes halogenated alkanes) is 1. The number of hydrogen-bond acceptors (Lipinski definition) is 2. The lowest BCUT2D eigenvalue weighted by atomic mass is 9.85. The van der Waals surface area contributed by atoms with Gasteiger partial charge in [0.05, 0.1) is 12.7 Å². The van der Waals surface area contributed by atoms with Gasteiger partial charge in [0.25, 0.3) is 0 Å². The lowest BCUT2D eigenvalue weighted by molar-refractivity contribution is 0.0337. The minimum absolute atomic E-state index is 0.0530. The zero-order valence-electron chi connectivity index (χ0n) is 16.9. The number of aliphatic hydroxyl groups is 1. The molecule has 0 bridgehead atoms. The van der Waals surface area contributed by atoms with Gasteiger partial charge in [0, 0.05) is 0 Å². The van der Waals surface area contributed by atoms with Crippen LogP contribution >= 0.6 is 0 Å². The first kappa shape index (κ1) is 21.2. The Balaban J connectivity index is 3.10. The third kappa shape index (κ3) is 5.06. The van der Waals surface area contributed by atoms with Crippen molar-refractivity contribution < 1.29 is 9.53 Å². The van der Waals surface area contributed by atoms with Crippen molar-refractivity contribution in [2.75, 3.05) is 6.61 Å². The van der Waals surface area contributed by atoms with E-state index in [0.29, 0.717) is 5.92 Å². The topological polar surface area (TPSA) is 29.5 Å². The third-order valence-electron chi connectivity index (χ3n) is 6.01. The van der Waals surface area contributed by atoms with E-state index < -0.39 is 8.32 Å². The molecule has 23 heavy (non-hydrogen) atoms. The molecule has 3 heteroatoms. The van der Waals surface area contributed by atoms with Gasteiger partial charge in [0.1, 0.15) is 0 Å². The molecule has 0 aromatic carbocycles. The summed E-state index contributed by atoms with van der Waals surface area (Å²) in [7, 11) is -2.05. The smallest absolute Gasteiger partial charge is 0.203 e. The van der Waals surface area contributed by atoms with Crippen LogP contribution in [0.3, 0.4) is 0 Å². The molecule has 0 spiro atoms. The maximum Gasteiger partial charge on any atom is 0.203 e. The molecular weight excluding hydrogens is 300 g/mol. The van der Waals surface area contributed by atoms with Crippen molar-refractivity contribution in [3.8, 4) is 0 Å². The minimum atomic E-state index is -2.05. The van der Waals surface area contributed by atoms with Crippen LogP contribution < -0.4 is 0 Å². The van der Waals surface area contributed by atoms with Gasteiger partial charge in [-0.2, -0.15) is 0 Å². The summed E-state index contributed by atoms with van der Waals surface area (Å²) in [4.78, 5) is 0. The largest absolute Gasteiger partial charge is 0.410 e. The van der Waals surface area contributed by atoms with E-state index in [1.807, 2.05) is 0 Å². The van der Waals surface area contributed by atoms with Gasteiger partial charge in [-0.05, 0) is 34.9 Å². The molecule has 1 aliphatic carbocycles.